The summed E-state index contributed by atoms with van der Waals surface area (Å²) in [5.41, 5.74) is 1.64. The number of hydrogen-bond acceptors (Lipinski definition) is 3. The number of aliphatic hydroxyl groups is 1. The Kier molecular flexibility index (Phi) is 5.51. The Morgan fingerprint density at radius 1 is 1.19 bits per heavy atom. The standard InChI is InChI=1S/C17H15ClO3/c1-20-16-7-8-17(14(11-16)5-3-9-19)21-12-13-4-2-6-15(18)10-13/h2,4,6-8,10-11,19H,9,12H2,1H3. The maximum Gasteiger partial charge on any atom is 0.135 e. The van der Waals surface area contributed by atoms with Crippen molar-refractivity contribution < 1.29 is 14.6 Å². The number of methoxy groups -OCH3 is 1. The van der Waals surface area contributed by atoms with E-state index in [2.05, 4.69) is 11.8 Å². The Balaban J connectivity index is 2.18. The summed E-state index contributed by atoms with van der Waals surface area (Å²) in [7, 11) is 1.59. The lowest BCUT2D eigenvalue weighted by atomic mass is 10.2. The van der Waals surface area contributed by atoms with Gasteiger partial charge in [0.2, 0.25) is 0 Å². The molecule has 0 bridgehead atoms. The van der Waals surface area contributed by atoms with E-state index >= 15 is 0 Å². The van der Waals surface area contributed by atoms with Crippen molar-refractivity contribution in [2.75, 3.05) is 13.7 Å². The van der Waals surface area contributed by atoms with Crippen molar-refractivity contribution in [2.24, 2.45) is 0 Å². The maximum absolute atomic E-state index is 8.82. The zero-order chi connectivity index (χ0) is 15.1. The van der Waals surface area contributed by atoms with Gasteiger partial charge >= 0.3 is 0 Å². The van der Waals surface area contributed by atoms with Crippen LogP contribution in [0.3, 0.4) is 0 Å². The fourth-order valence-corrected chi connectivity index (χ4v) is 2.00. The quantitative estimate of drug-likeness (QED) is 0.881. The lowest BCUT2D eigenvalue weighted by Gasteiger charge is -2.10. The van der Waals surface area contributed by atoms with Crippen molar-refractivity contribution >= 4 is 11.6 Å². The van der Waals surface area contributed by atoms with Crippen LogP contribution in [0.25, 0.3) is 0 Å². The van der Waals surface area contributed by atoms with Crippen LogP contribution < -0.4 is 9.47 Å². The Morgan fingerprint density at radius 3 is 2.76 bits per heavy atom. The Hall–Kier alpha value is -2.15. The molecule has 4 heteroatoms. The summed E-state index contributed by atoms with van der Waals surface area (Å²) >= 11 is 5.94. The molecule has 3 nitrogen and oxygen atoms in total. The van der Waals surface area contributed by atoms with E-state index in [-0.39, 0.29) is 6.61 Å². The topological polar surface area (TPSA) is 38.7 Å². The number of rotatable bonds is 4. The second kappa shape index (κ2) is 7.58. The van der Waals surface area contributed by atoms with E-state index in [9.17, 15) is 0 Å². The normalized spacial score (nSPS) is 9.67. The highest BCUT2D eigenvalue weighted by molar-refractivity contribution is 6.30. The molecule has 2 rings (SSSR count). The predicted octanol–water partition coefficient (Wildman–Crippen LogP) is 3.27. The molecule has 0 aromatic heterocycles. The SMILES string of the molecule is COc1ccc(OCc2cccc(Cl)c2)c(C#CCO)c1. The second-order valence-corrected chi connectivity index (χ2v) is 4.68. The van der Waals surface area contributed by atoms with Crippen LogP contribution in [0.5, 0.6) is 11.5 Å². The third-order valence-corrected chi connectivity index (χ3v) is 3.01. The van der Waals surface area contributed by atoms with Gasteiger partial charge in [-0.15, -0.1) is 0 Å². The molecular weight excluding hydrogens is 288 g/mol. The number of aliphatic hydroxyl groups excluding tert-OH is 1. The van der Waals surface area contributed by atoms with Crippen molar-refractivity contribution in [3.8, 4) is 23.3 Å². The zero-order valence-electron chi connectivity index (χ0n) is 11.6. The molecule has 2 aromatic rings. The molecule has 21 heavy (non-hydrogen) atoms. The van der Waals surface area contributed by atoms with Crippen LogP contribution in [0.15, 0.2) is 42.5 Å². The van der Waals surface area contributed by atoms with E-state index in [4.69, 9.17) is 26.2 Å². The minimum atomic E-state index is -0.203. The van der Waals surface area contributed by atoms with Crippen molar-refractivity contribution in [1.82, 2.24) is 0 Å². The van der Waals surface area contributed by atoms with Crippen LogP contribution in [-0.4, -0.2) is 18.8 Å². The summed E-state index contributed by atoms with van der Waals surface area (Å²) in [6.45, 7) is 0.186. The summed E-state index contributed by atoms with van der Waals surface area (Å²) in [5, 5.41) is 9.50. The van der Waals surface area contributed by atoms with Gasteiger partial charge < -0.3 is 14.6 Å². The third-order valence-electron chi connectivity index (χ3n) is 2.77. The fourth-order valence-electron chi connectivity index (χ4n) is 1.78. The molecule has 0 aliphatic heterocycles. The highest BCUT2D eigenvalue weighted by atomic mass is 35.5. The molecule has 0 radical (unpaired) electrons. The number of benzene rings is 2. The van der Waals surface area contributed by atoms with Gasteiger partial charge in [0.15, 0.2) is 0 Å². The van der Waals surface area contributed by atoms with Gasteiger partial charge in [0.1, 0.15) is 24.7 Å². The molecule has 0 fully saturated rings. The Bertz CT molecular complexity index is 671. The first-order valence-electron chi connectivity index (χ1n) is 6.38. The fraction of sp³-hybridized carbons (Fsp3) is 0.176. The minimum Gasteiger partial charge on any atom is -0.497 e. The molecule has 2 aromatic carbocycles. The van der Waals surface area contributed by atoms with Gasteiger partial charge in [-0.25, -0.2) is 0 Å². The molecule has 0 saturated carbocycles. The van der Waals surface area contributed by atoms with E-state index in [1.165, 1.54) is 0 Å². The molecular formula is C17H15ClO3. The molecule has 0 amide bonds. The van der Waals surface area contributed by atoms with Gasteiger partial charge in [0, 0.05) is 5.02 Å². The summed E-state index contributed by atoms with van der Waals surface area (Å²) in [6.07, 6.45) is 0. The summed E-state index contributed by atoms with van der Waals surface area (Å²) in [6, 6.07) is 12.9. The third kappa shape index (κ3) is 4.42. The van der Waals surface area contributed by atoms with E-state index in [1.54, 1.807) is 25.3 Å². The van der Waals surface area contributed by atoms with Crippen LogP contribution in [0.4, 0.5) is 0 Å². The molecule has 1 N–H and O–H groups in total. The van der Waals surface area contributed by atoms with Crippen molar-refractivity contribution in [1.29, 1.82) is 0 Å². The number of halogens is 1. The Labute approximate surface area is 129 Å². The largest absolute Gasteiger partial charge is 0.497 e. The first-order chi connectivity index (χ1) is 10.2. The van der Waals surface area contributed by atoms with E-state index in [1.807, 2.05) is 24.3 Å². The van der Waals surface area contributed by atoms with Gasteiger partial charge in [-0.1, -0.05) is 35.6 Å². The maximum atomic E-state index is 8.82. The van der Waals surface area contributed by atoms with Crippen molar-refractivity contribution in [3.63, 3.8) is 0 Å². The average Bonchev–Trinajstić information content (AvgIpc) is 2.51. The smallest absolute Gasteiger partial charge is 0.135 e. The summed E-state index contributed by atoms with van der Waals surface area (Å²) < 4.78 is 10.9. The first kappa shape index (κ1) is 15.2. The minimum absolute atomic E-state index is 0.203. The van der Waals surface area contributed by atoms with Crippen LogP contribution in [0, 0.1) is 11.8 Å². The van der Waals surface area contributed by atoms with Gasteiger partial charge in [-0.3, -0.25) is 0 Å². The second-order valence-electron chi connectivity index (χ2n) is 4.24. The number of hydrogen-bond donors (Lipinski definition) is 1. The summed E-state index contributed by atoms with van der Waals surface area (Å²) in [5.74, 6) is 6.79. The highest BCUT2D eigenvalue weighted by Gasteiger charge is 2.04. The lowest BCUT2D eigenvalue weighted by Crippen LogP contribution is -1.98. The first-order valence-corrected chi connectivity index (χ1v) is 6.75. The zero-order valence-corrected chi connectivity index (χ0v) is 12.4. The van der Waals surface area contributed by atoms with E-state index in [0.29, 0.717) is 28.7 Å². The van der Waals surface area contributed by atoms with Gasteiger partial charge in [-0.2, -0.15) is 0 Å². The predicted molar refractivity (Wildman–Crippen MR) is 82.7 cm³/mol. The van der Waals surface area contributed by atoms with Crippen molar-refractivity contribution in [2.45, 2.75) is 6.61 Å². The monoisotopic (exact) mass is 302 g/mol. The van der Waals surface area contributed by atoms with Crippen LogP contribution in [-0.2, 0) is 6.61 Å². The van der Waals surface area contributed by atoms with Crippen LogP contribution in [0.2, 0.25) is 5.02 Å². The molecule has 0 unspecified atom stereocenters. The molecule has 0 atom stereocenters. The van der Waals surface area contributed by atoms with Crippen LogP contribution >= 0.6 is 11.6 Å². The highest BCUT2D eigenvalue weighted by Crippen LogP contribution is 2.24. The molecule has 0 aliphatic rings. The average molecular weight is 303 g/mol. The molecule has 0 spiro atoms. The van der Waals surface area contributed by atoms with Crippen LogP contribution in [0.1, 0.15) is 11.1 Å². The summed E-state index contributed by atoms with van der Waals surface area (Å²) in [4.78, 5) is 0. The molecule has 0 aliphatic carbocycles. The number of ether oxygens (including phenoxy) is 2. The lowest BCUT2D eigenvalue weighted by molar-refractivity contribution is 0.304. The molecule has 0 heterocycles. The van der Waals surface area contributed by atoms with E-state index in [0.717, 1.165) is 5.56 Å². The Morgan fingerprint density at radius 2 is 2.05 bits per heavy atom. The van der Waals surface area contributed by atoms with Crippen molar-refractivity contribution in [3.05, 3.63) is 58.6 Å². The van der Waals surface area contributed by atoms with Gasteiger partial charge in [0.05, 0.1) is 12.7 Å². The van der Waals surface area contributed by atoms with Gasteiger partial charge in [-0.05, 0) is 35.9 Å². The molecule has 0 saturated heterocycles. The molecule has 108 valence electrons. The van der Waals surface area contributed by atoms with E-state index < -0.39 is 0 Å². The van der Waals surface area contributed by atoms with Gasteiger partial charge in [0.25, 0.3) is 0 Å².